The fourth-order valence-corrected chi connectivity index (χ4v) is 3.28. The van der Waals surface area contributed by atoms with Crippen LogP contribution in [-0.4, -0.2) is 47.9 Å². The first-order valence-electron chi connectivity index (χ1n) is 8.85. The van der Waals surface area contributed by atoms with Crippen molar-refractivity contribution in [1.82, 2.24) is 15.1 Å². The van der Waals surface area contributed by atoms with E-state index in [1.165, 1.54) is 12.1 Å². The molecule has 1 fully saturated rings. The van der Waals surface area contributed by atoms with Crippen LogP contribution >= 0.6 is 11.6 Å². The summed E-state index contributed by atoms with van der Waals surface area (Å²) in [6.45, 7) is 2.20. The Hall–Kier alpha value is -2.60. The zero-order chi connectivity index (χ0) is 19.2. The van der Waals surface area contributed by atoms with E-state index in [0.29, 0.717) is 44.2 Å². The van der Waals surface area contributed by atoms with Gasteiger partial charge in [0.2, 0.25) is 0 Å². The predicted molar refractivity (Wildman–Crippen MR) is 102 cm³/mol. The molecule has 0 saturated carbocycles. The fraction of sp³-hybridized carbons (Fsp3) is 0.300. The van der Waals surface area contributed by atoms with Crippen molar-refractivity contribution in [3.63, 3.8) is 0 Å². The summed E-state index contributed by atoms with van der Waals surface area (Å²) in [5.74, 6) is -0.864. The molecule has 1 aliphatic rings. The van der Waals surface area contributed by atoms with Gasteiger partial charge in [0.1, 0.15) is 5.82 Å². The third kappa shape index (κ3) is 4.98. The first-order chi connectivity index (χ1) is 13.0. The topological polar surface area (TPSA) is 52.7 Å². The molecule has 7 heteroatoms. The third-order valence-electron chi connectivity index (χ3n) is 4.51. The van der Waals surface area contributed by atoms with Gasteiger partial charge in [-0.1, -0.05) is 35.9 Å². The van der Waals surface area contributed by atoms with Crippen molar-refractivity contribution in [2.45, 2.75) is 13.0 Å². The summed E-state index contributed by atoms with van der Waals surface area (Å²) >= 11 is 5.95. The van der Waals surface area contributed by atoms with Gasteiger partial charge in [-0.25, -0.2) is 9.18 Å². The molecule has 2 aromatic carbocycles. The van der Waals surface area contributed by atoms with Crippen LogP contribution < -0.4 is 5.32 Å². The van der Waals surface area contributed by atoms with Gasteiger partial charge in [0, 0.05) is 37.7 Å². The van der Waals surface area contributed by atoms with Crippen LogP contribution in [0, 0.1) is 5.82 Å². The summed E-state index contributed by atoms with van der Waals surface area (Å²) in [5, 5.41) is 3.50. The number of benzene rings is 2. The third-order valence-corrected chi connectivity index (χ3v) is 4.74. The second kappa shape index (κ2) is 8.86. The highest BCUT2D eigenvalue weighted by Gasteiger charge is 2.24. The van der Waals surface area contributed by atoms with Gasteiger partial charge in [-0.15, -0.1) is 0 Å². The number of halogens is 2. The number of nitrogens with zero attached hydrogens (tertiary/aromatic N) is 2. The summed E-state index contributed by atoms with van der Waals surface area (Å²) in [5.41, 5.74) is 0.985. The fourth-order valence-electron chi connectivity index (χ4n) is 3.07. The van der Waals surface area contributed by atoms with Gasteiger partial charge in [-0.2, -0.15) is 0 Å². The standard InChI is InChI=1S/C20H21ClFN3O2/c21-16-6-3-5-15(13-16)14-23-20(27)25-10-4-9-24(11-12-25)19(26)17-7-1-2-8-18(17)22/h1-3,5-8,13H,4,9-12,14H2,(H,23,27). The molecular weight excluding hydrogens is 369 g/mol. The van der Waals surface area contributed by atoms with Crippen LogP contribution in [0.3, 0.4) is 0 Å². The summed E-state index contributed by atoms with van der Waals surface area (Å²) in [6.07, 6.45) is 0.644. The zero-order valence-corrected chi connectivity index (χ0v) is 15.6. The van der Waals surface area contributed by atoms with Gasteiger partial charge in [0.15, 0.2) is 0 Å². The minimum atomic E-state index is -0.525. The minimum absolute atomic E-state index is 0.0661. The van der Waals surface area contributed by atoms with Crippen LogP contribution in [0.2, 0.25) is 5.02 Å². The lowest BCUT2D eigenvalue weighted by Crippen LogP contribution is -2.42. The summed E-state index contributed by atoms with van der Waals surface area (Å²) in [7, 11) is 0. The Labute approximate surface area is 162 Å². The zero-order valence-electron chi connectivity index (χ0n) is 14.8. The van der Waals surface area contributed by atoms with Crippen molar-refractivity contribution in [3.8, 4) is 0 Å². The maximum Gasteiger partial charge on any atom is 0.317 e. The number of urea groups is 1. The van der Waals surface area contributed by atoms with Gasteiger partial charge in [-0.3, -0.25) is 4.79 Å². The van der Waals surface area contributed by atoms with E-state index in [4.69, 9.17) is 11.6 Å². The normalized spacial score (nSPS) is 14.6. The smallest absolute Gasteiger partial charge is 0.317 e. The highest BCUT2D eigenvalue weighted by molar-refractivity contribution is 6.30. The summed E-state index contributed by atoms with van der Waals surface area (Å²) < 4.78 is 13.9. The van der Waals surface area contributed by atoms with Gasteiger partial charge < -0.3 is 15.1 Å². The first kappa shape index (κ1) is 19.2. The number of carbonyl (C=O) groups is 2. The van der Waals surface area contributed by atoms with Crippen LogP contribution in [0.15, 0.2) is 48.5 Å². The van der Waals surface area contributed by atoms with E-state index in [0.717, 1.165) is 5.56 Å². The second-order valence-electron chi connectivity index (χ2n) is 6.40. The summed E-state index contributed by atoms with van der Waals surface area (Å²) in [6, 6.07) is 13.1. The van der Waals surface area contributed by atoms with Crippen LogP contribution in [0.4, 0.5) is 9.18 Å². The number of nitrogens with one attached hydrogen (secondary N) is 1. The lowest BCUT2D eigenvalue weighted by Gasteiger charge is -2.22. The van der Waals surface area contributed by atoms with E-state index < -0.39 is 5.82 Å². The SMILES string of the molecule is O=C(NCc1cccc(Cl)c1)N1CCCN(C(=O)c2ccccc2F)CC1. The highest BCUT2D eigenvalue weighted by atomic mass is 35.5. The molecule has 1 heterocycles. The van der Waals surface area contributed by atoms with Crippen molar-refractivity contribution in [2.75, 3.05) is 26.2 Å². The van der Waals surface area contributed by atoms with E-state index in [1.54, 1.807) is 34.1 Å². The number of rotatable bonds is 3. The summed E-state index contributed by atoms with van der Waals surface area (Å²) in [4.78, 5) is 28.3. The number of carbonyl (C=O) groups excluding carboxylic acids is 2. The molecule has 3 rings (SSSR count). The van der Waals surface area contributed by atoms with Crippen molar-refractivity contribution in [1.29, 1.82) is 0 Å². The molecule has 142 valence electrons. The molecule has 1 saturated heterocycles. The largest absolute Gasteiger partial charge is 0.337 e. The molecule has 0 spiro atoms. The molecular formula is C20H21ClFN3O2. The Morgan fingerprint density at radius 1 is 1.00 bits per heavy atom. The second-order valence-corrected chi connectivity index (χ2v) is 6.84. The Morgan fingerprint density at radius 3 is 2.52 bits per heavy atom. The molecule has 0 aromatic heterocycles. The number of hydrogen-bond acceptors (Lipinski definition) is 2. The Morgan fingerprint density at radius 2 is 1.74 bits per heavy atom. The van der Waals surface area contributed by atoms with Gasteiger partial charge in [-0.05, 0) is 36.2 Å². The van der Waals surface area contributed by atoms with Crippen LogP contribution in [-0.2, 0) is 6.54 Å². The van der Waals surface area contributed by atoms with E-state index in [1.807, 2.05) is 12.1 Å². The van der Waals surface area contributed by atoms with Crippen molar-refractivity contribution >= 4 is 23.5 Å². The lowest BCUT2D eigenvalue weighted by atomic mass is 10.2. The monoisotopic (exact) mass is 389 g/mol. The maximum absolute atomic E-state index is 13.9. The van der Waals surface area contributed by atoms with Crippen molar-refractivity contribution in [2.24, 2.45) is 0 Å². The van der Waals surface area contributed by atoms with E-state index in [-0.39, 0.29) is 17.5 Å². The molecule has 0 atom stereocenters. The molecule has 1 aliphatic heterocycles. The minimum Gasteiger partial charge on any atom is -0.337 e. The molecule has 1 N–H and O–H groups in total. The highest BCUT2D eigenvalue weighted by Crippen LogP contribution is 2.13. The molecule has 0 radical (unpaired) electrons. The average Bonchev–Trinajstić information content (AvgIpc) is 2.92. The van der Waals surface area contributed by atoms with Gasteiger partial charge in [0.25, 0.3) is 5.91 Å². The average molecular weight is 390 g/mol. The first-order valence-corrected chi connectivity index (χ1v) is 9.23. The number of hydrogen-bond donors (Lipinski definition) is 1. The van der Waals surface area contributed by atoms with E-state index >= 15 is 0 Å². The Bertz CT molecular complexity index is 830. The molecule has 5 nitrogen and oxygen atoms in total. The Balaban J connectivity index is 1.55. The van der Waals surface area contributed by atoms with Crippen molar-refractivity contribution < 1.29 is 14.0 Å². The predicted octanol–water partition coefficient (Wildman–Crippen LogP) is 3.54. The van der Waals surface area contributed by atoms with Crippen LogP contribution in [0.25, 0.3) is 0 Å². The van der Waals surface area contributed by atoms with Gasteiger partial charge >= 0.3 is 6.03 Å². The quantitative estimate of drug-likeness (QED) is 0.873. The van der Waals surface area contributed by atoms with Crippen LogP contribution in [0.5, 0.6) is 0 Å². The van der Waals surface area contributed by atoms with Crippen molar-refractivity contribution in [3.05, 3.63) is 70.5 Å². The van der Waals surface area contributed by atoms with Gasteiger partial charge in [0.05, 0.1) is 5.56 Å². The van der Waals surface area contributed by atoms with Crippen LogP contribution in [0.1, 0.15) is 22.3 Å². The Kier molecular flexibility index (Phi) is 6.29. The van der Waals surface area contributed by atoms with E-state index in [9.17, 15) is 14.0 Å². The molecule has 2 aromatic rings. The number of amides is 3. The van der Waals surface area contributed by atoms with E-state index in [2.05, 4.69) is 5.32 Å². The molecule has 0 aliphatic carbocycles. The maximum atomic E-state index is 13.9. The molecule has 27 heavy (non-hydrogen) atoms. The lowest BCUT2D eigenvalue weighted by molar-refractivity contribution is 0.0757. The molecule has 0 bridgehead atoms. The molecule has 3 amide bonds. The molecule has 0 unspecified atom stereocenters.